The predicted octanol–water partition coefficient (Wildman–Crippen LogP) is 3.08. The molecule has 0 bridgehead atoms. The first-order valence-electron chi connectivity index (χ1n) is 5.18. The fourth-order valence-corrected chi connectivity index (χ4v) is 3.07. The number of benzene rings is 1. The first kappa shape index (κ1) is 13.3. The molecule has 4 nitrogen and oxygen atoms in total. The third-order valence-electron chi connectivity index (χ3n) is 2.47. The summed E-state index contributed by atoms with van der Waals surface area (Å²) in [5, 5.41) is 9.31. The van der Waals surface area contributed by atoms with Crippen LogP contribution in [-0.2, 0) is 6.61 Å². The summed E-state index contributed by atoms with van der Waals surface area (Å²) in [5.74, 6) is 1.31. The molecule has 6 heteroatoms. The van der Waals surface area contributed by atoms with Gasteiger partial charge in [0, 0.05) is 5.56 Å². The van der Waals surface area contributed by atoms with E-state index in [1.54, 1.807) is 14.2 Å². The summed E-state index contributed by atoms with van der Waals surface area (Å²) < 4.78 is 11.2. The summed E-state index contributed by atoms with van der Waals surface area (Å²) in [4.78, 5) is 5.18. The monoisotopic (exact) mass is 329 g/mol. The number of aliphatic hydroxyl groups is 1. The van der Waals surface area contributed by atoms with E-state index >= 15 is 0 Å². The quantitative estimate of drug-likeness (QED) is 0.936. The Kier molecular flexibility index (Phi) is 4.21. The number of hydrogen-bond acceptors (Lipinski definition) is 5. The topological polar surface area (TPSA) is 51.6 Å². The Balaban J connectivity index is 2.50. The smallest absolute Gasteiger partial charge is 0.161 e. The van der Waals surface area contributed by atoms with Crippen molar-refractivity contribution in [1.82, 2.24) is 4.98 Å². The summed E-state index contributed by atoms with van der Waals surface area (Å²) in [5.41, 5.74) is 1.65. The summed E-state index contributed by atoms with van der Waals surface area (Å²) in [7, 11) is 3.18. The zero-order valence-corrected chi connectivity index (χ0v) is 12.3. The van der Waals surface area contributed by atoms with E-state index in [0.29, 0.717) is 11.5 Å². The van der Waals surface area contributed by atoms with Crippen LogP contribution in [0.25, 0.3) is 11.3 Å². The van der Waals surface area contributed by atoms with Gasteiger partial charge in [-0.3, -0.25) is 0 Å². The minimum absolute atomic E-state index is 0.0348. The van der Waals surface area contributed by atoms with Gasteiger partial charge >= 0.3 is 0 Å². The van der Waals surface area contributed by atoms with Crippen LogP contribution >= 0.6 is 27.3 Å². The maximum absolute atomic E-state index is 9.31. The van der Waals surface area contributed by atoms with Crippen molar-refractivity contribution in [1.29, 1.82) is 0 Å². The van der Waals surface area contributed by atoms with Crippen molar-refractivity contribution in [2.24, 2.45) is 0 Å². The highest BCUT2D eigenvalue weighted by Gasteiger charge is 2.13. The molecule has 0 saturated heterocycles. The molecule has 96 valence electrons. The lowest BCUT2D eigenvalue weighted by atomic mass is 10.1. The van der Waals surface area contributed by atoms with Gasteiger partial charge in [-0.05, 0) is 34.1 Å². The van der Waals surface area contributed by atoms with Crippen LogP contribution < -0.4 is 9.47 Å². The maximum atomic E-state index is 9.31. The number of hydrogen-bond donors (Lipinski definition) is 1. The van der Waals surface area contributed by atoms with Gasteiger partial charge in [0.05, 0.1) is 31.4 Å². The molecule has 1 heterocycles. The molecule has 0 radical (unpaired) electrons. The van der Waals surface area contributed by atoms with Crippen LogP contribution in [0.4, 0.5) is 0 Å². The van der Waals surface area contributed by atoms with Crippen molar-refractivity contribution >= 4 is 27.3 Å². The number of thiazole rings is 1. The summed E-state index contributed by atoms with van der Waals surface area (Å²) in [6, 6.07) is 5.56. The lowest BCUT2D eigenvalue weighted by Crippen LogP contribution is -1.92. The van der Waals surface area contributed by atoms with E-state index in [-0.39, 0.29) is 6.61 Å². The number of aliphatic hydroxyl groups excluding tert-OH is 1. The van der Waals surface area contributed by atoms with Crippen LogP contribution in [0.3, 0.4) is 0 Å². The SMILES string of the molecule is COc1ccc(-c2nc(Br)sc2CO)cc1OC. The average Bonchev–Trinajstić information content (AvgIpc) is 2.79. The molecular formula is C12H12BrNO3S. The molecule has 2 aromatic rings. The number of nitrogens with zero attached hydrogens (tertiary/aromatic N) is 1. The molecule has 2 rings (SSSR count). The Labute approximate surface area is 117 Å². The summed E-state index contributed by atoms with van der Waals surface area (Å²) in [6.07, 6.45) is 0. The zero-order chi connectivity index (χ0) is 13.1. The predicted molar refractivity (Wildman–Crippen MR) is 74.3 cm³/mol. The molecule has 0 atom stereocenters. The molecule has 0 unspecified atom stereocenters. The van der Waals surface area contributed by atoms with E-state index < -0.39 is 0 Å². The molecule has 0 fully saturated rings. The van der Waals surface area contributed by atoms with E-state index in [9.17, 15) is 5.11 Å². The van der Waals surface area contributed by atoms with Crippen molar-refractivity contribution in [3.05, 3.63) is 27.0 Å². The van der Waals surface area contributed by atoms with Crippen molar-refractivity contribution in [2.45, 2.75) is 6.61 Å². The van der Waals surface area contributed by atoms with Crippen molar-refractivity contribution in [2.75, 3.05) is 14.2 Å². The van der Waals surface area contributed by atoms with Gasteiger partial charge in [0.2, 0.25) is 0 Å². The second-order valence-electron chi connectivity index (χ2n) is 3.47. The lowest BCUT2D eigenvalue weighted by Gasteiger charge is -2.09. The first-order chi connectivity index (χ1) is 8.69. The summed E-state index contributed by atoms with van der Waals surface area (Å²) >= 11 is 4.74. The fraction of sp³-hybridized carbons (Fsp3) is 0.250. The molecular weight excluding hydrogens is 318 g/mol. The minimum atomic E-state index is -0.0348. The van der Waals surface area contributed by atoms with E-state index in [2.05, 4.69) is 20.9 Å². The van der Waals surface area contributed by atoms with E-state index in [1.807, 2.05) is 18.2 Å². The molecule has 1 aromatic heterocycles. The highest BCUT2D eigenvalue weighted by molar-refractivity contribution is 9.11. The molecule has 0 aliphatic rings. The Hall–Kier alpha value is -1.11. The third kappa shape index (κ3) is 2.50. The Morgan fingerprint density at radius 2 is 2.00 bits per heavy atom. The Bertz CT molecular complexity index is 556. The van der Waals surface area contributed by atoms with Crippen LogP contribution in [0.1, 0.15) is 4.88 Å². The Morgan fingerprint density at radius 1 is 1.28 bits per heavy atom. The molecule has 1 N–H and O–H groups in total. The zero-order valence-electron chi connectivity index (χ0n) is 9.94. The number of methoxy groups -OCH3 is 2. The highest BCUT2D eigenvalue weighted by Crippen LogP contribution is 2.36. The van der Waals surface area contributed by atoms with Crippen molar-refractivity contribution in [3.8, 4) is 22.8 Å². The molecule has 0 spiro atoms. The molecule has 1 aromatic carbocycles. The standard InChI is InChI=1S/C12H12BrNO3S/c1-16-8-4-3-7(5-9(8)17-2)11-10(6-15)18-12(13)14-11/h3-5,15H,6H2,1-2H3. The number of halogens is 1. The van der Waals surface area contributed by atoms with Crippen LogP contribution in [0, 0.1) is 0 Å². The lowest BCUT2D eigenvalue weighted by molar-refractivity contribution is 0.286. The van der Waals surface area contributed by atoms with Gasteiger partial charge in [0.1, 0.15) is 0 Å². The second-order valence-corrected chi connectivity index (χ2v) is 5.83. The average molecular weight is 330 g/mol. The minimum Gasteiger partial charge on any atom is -0.493 e. The second kappa shape index (κ2) is 5.69. The van der Waals surface area contributed by atoms with Gasteiger partial charge in [-0.1, -0.05) is 0 Å². The van der Waals surface area contributed by atoms with E-state index in [1.165, 1.54) is 11.3 Å². The van der Waals surface area contributed by atoms with E-state index in [0.717, 1.165) is 20.1 Å². The molecule has 18 heavy (non-hydrogen) atoms. The van der Waals surface area contributed by atoms with Crippen molar-refractivity contribution in [3.63, 3.8) is 0 Å². The van der Waals surface area contributed by atoms with Crippen LogP contribution in [0.2, 0.25) is 0 Å². The summed E-state index contributed by atoms with van der Waals surface area (Å²) in [6.45, 7) is -0.0348. The van der Waals surface area contributed by atoms with Gasteiger partial charge < -0.3 is 14.6 Å². The van der Waals surface area contributed by atoms with Gasteiger partial charge in [-0.15, -0.1) is 11.3 Å². The van der Waals surface area contributed by atoms with Crippen LogP contribution in [-0.4, -0.2) is 24.3 Å². The maximum Gasteiger partial charge on any atom is 0.161 e. The molecule has 0 aliphatic heterocycles. The van der Waals surface area contributed by atoms with Gasteiger partial charge in [0.25, 0.3) is 0 Å². The molecule has 0 amide bonds. The Morgan fingerprint density at radius 3 is 2.61 bits per heavy atom. The van der Waals surface area contributed by atoms with E-state index in [4.69, 9.17) is 9.47 Å². The van der Waals surface area contributed by atoms with Gasteiger partial charge in [-0.25, -0.2) is 4.98 Å². The van der Waals surface area contributed by atoms with Crippen LogP contribution in [0.5, 0.6) is 11.5 Å². The van der Waals surface area contributed by atoms with Crippen LogP contribution in [0.15, 0.2) is 22.1 Å². The molecule has 0 aliphatic carbocycles. The van der Waals surface area contributed by atoms with Crippen molar-refractivity contribution < 1.29 is 14.6 Å². The largest absolute Gasteiger partial charge is 0.493 e. The normalized spacial score (nSPS) is 10.4. The highest BCUT2D eigenvalue weighted by atomic mass is 79.9. The number of ether oxygens (including phenoxy) is 2. The first-order valence-corrected chi connectivity index (χ1v) is 6.79. The van der Waals surface area contributed by atoms with Gasteiger partial charge in [0.15, 0.2) is 15.4 Å². The number of rotatable bonds is 4. The fourth-order valence-electron chi connectivity index (χ4n) is 1.64. The third-order valence-corrected chi connectivity index (χ3v) is 3.96. The number of aromatic nitrogens is 1. The van der Waals surface area contributed by atoms with Gasteiger partial charge in [-0.2, -0.15) is 0 Å². The molecule has 0 saturated carbocycles.